The van der Waals surface area contributed by atoms with Crippen LogP contribution in [-0.4, -0.2) is 18.0 Å². The molecule has 1 aromatic carbocycles. The number of carbonyl (C=O) groups is 1. The summed E-state index contributed by atoms with van der Waals surface area (Å²) in [4.78, 5) is 17.3. The van der Waals surface area contributed by atoms with Crippen molar-refractivity contribution in [2.24, 2.45) is 0 Å². The average Bonchev–Trinajstić information content (AvgIpc) is 2.81. The topological polar surface area (TPSA) is 51.2 Å². The van der Waals surface area contributed by atoms with Gasteiger partial charge in [0.05, 0.1) is 30.4 Å². The molecule has 1 N–H and O–H groups in total. The molecule has 1 heterocycles. The van der Waals surface area contributed by atoms with Crippen molar-refractivity contribution in [3.8, 4) is 5.75 Å². The molecule has 0 saturated carbocycles. The van der Waals surface area contributed by atoms with Crippen LogP contribution in [0.4, 0.5) is 0 Å². The number of rotatable bonds is 4. The Kier molecular flexibility index (Phi) is 4.55. The summed E-state index contributed by atoms with van der Waals surface area (Å²) in [6.45, 7) is 2.41. The number of aromatic nitrogens is 1. The Balaban J connectivity index is 2.10. The summed E-state index contributed by atoms with van der Waals surface area (Å²) in [5, 5.41) is 2.87. The SMILES string of the molecule is COc1cc(Br)ccc1C(=O)NCc1scnc1C. The maximum absolute atomic E-state index is 12.1. The fourth-order valence-corrected chi connectivity index (χ4v) is 2.66. The molecule has 2 aromatic rings. The van der Waals surface area contributed by atoms with Crippen molar-refractivity contribution in [3.63, 3.8) is 0 Å². The standard InChI is InChI=1S/C13H13BrN2O2S/c1-8-12(19-7-16-8)6-15-13(17)10-4-3-9(14)5-11(10)18-2/h3-5,7H,6H2,1-2H3,(H,15,17). The molecule has 0 aliphatic heterocycles. The molecule has 0 bridgehead atoms. The molecule has 6 heteroatoms. The lowest BCUT2D eigenvalue weighted by atomic mass is 10.2. The van der Waals surface area contributed by atoms with E-state index in [1.165, 1.54) is 11.3 Å². The smallest absolute Gasteiger partial charge is 0.255 e. The number of benzene rings is 1. The molecule has 4 nitrogen and oxygen atoms in total. The number of amides is 1. The monoisotopic (exact) mass is 340 g/mol. The molecule has 0 aliphatic rings. The Morgan fingerprint density at radius 3 is 2.95 bits per heavy atom. The minimum atomic E-state index is -0.155. The van der Waals surface area contributed by atoms with Gasteiger partial charge >= 0.3 is 0 Å². The average molecular weight is 341 g/mol. The van der Waals surface area contributed by atoms with Crippen molar-refractivity contribution in [1.82, 2.24) is 10.3 Å². The zero-order valence-corrected chi connectivity index (χ0v) is 13.0. The zero-order valence-electron chi connectivity index (χ0n) is 10.6. The predicted octanol–water partition coefficient (Wildman–Crippen LogP) is 3.15. The molecule has 0 saturated heterocycles. The van der Waals surface area contributed by atoms with Crippen LogP contribution in [-0.2, 0) is 6.54 Å². The lowest BCUT2D eigenvalue weighted by Crippen LogP contribution is -2.23. The molecular formula is C13H13BrN2O2S. The van der Waals surface area contributed by atoms with Gasteiger partial charge in [0.25, 0.3) is 5.91 Å². The van der Waals surface area contributed by atoms with Crippen LogP contribution in [0.15, 0.2) is 28.2 Å². The van der Waals surface area contributed by atoms with E-state index in [4.69, 9.17) is 4.74 Å². The van der Waals surface area contributed by atoms with Gasteiger partial charge in [0.2, 0.25) is 0 Å². The molecular weight excluding hydrogens is 328 g/mol. The number of nitrogens with zero attached hydrogens (tertiary/aromatic N) is 1. The molecule has 1 aromatic heterocycles. The van der Waals surface area contributed by atoms with E-state index in [1.807, 2.05) is 13.0 Å². The van der Waals surface area contributed by atoms with E-state index < -0.39 is 0 Å². The first kappa shape index (κ1) is 14.0. The third-order valence-electron chi connectivity index (χ3n) is 2.66. The van der Waals surface area contributed by atoms with Crippen molar-refractivity contribution in [2.75, 3.05) is 7.11 Å². The number of halogens is 1. The molecule has 19 heavy (non-hydrogen) atoms. The van der Waals surface area contributed by atoms with E-state index in [1.54, 1.807) is 24.8 Å². The Hall–Kier alpha value is -1.40. The third kappa shape index (κ3) is 3.33. The Labute approximate surface area is 124 Å². The zero-order chi connectivity index (χ0) is 13.8. The number of methoxy groups -OCH3 is 1. The quantitative estimate of drug-likeness (QED) is 0.929. The fraction of sp³-hybridized carbons (Fsp3) is 0.231. The Morgan fingerprint density at radius 1 is 1.53 bits per heavy atom. The van der Waals surface area contributed by atoms with E-state index in [2.05, 4.69) is 26.2 Å². The van der Waals surface area contributed by atoms with E-state index in [0.717, 1.165) is 15.0 Å². The van der Waals surface area contributed by atoms with Crippen LogP contribution in [0.2, 0.25) is 0 Å². The highest BCUT2D eigenvalue weighted by Gasteiger charge is 2.13. The second-order valence-electron chi connectivity index (χ2n) is 3.89. The van der Waals surface area contributed by atoms with Gasteiger partial charge < -0.3 is 10.1 Å². The number of carbonyl (C=O) groups excluding carboxylic acids is 1. The largest absolute Gasteiger partial charge is 0.496 e. The van der Waals surface area contributed by atoms with Crippen LogP contribution in [0.5, 0.6) is 5.75 Å². The molecule has 0 unspecified atom stereocenters. The molecule has 0 spiro atoms. The first-order chi connectivity index (χ1) is 9.11. The highest BCUT2D eigenvalue weighted by atomic mass is 79.9. The van der Waals surface area contributed by atoms with Gasteiger partial charge in [-0.3, -0.25) is 4.79 Å². The van der Waals surface area contributed by atoms with Gasteiger partial charge in [-0.2, -0.15) is 0 Å². The van der Waals surface area contributed by atoms with E-state index >= 15 is 0 Å². The highest BCUT2D eigenvalue weighted by Crippen LogP contribution is 2.23. The summed E-state index contributed by atoms with van der Waals surface area (Å²) in [5.41, 5.74) is 3.25. The molecule has 0 atom stereocenters. The number of aryl methyl sites for hydroxylation is 1. The number of thiazole rings is 1. The summed E-state index contributed by atoms with van der Waals surface area (Å²) in [5.74, 6) is 0.394. The van der Waals surface area contributed by atoms with Crippen molar-refractivity contribution >= 4 is 33.2 Å². The summed E-state index contributed by atoms with van der Waals surface area (Å²) >= 11 is 4.88. The third-order valence-corrected chi connectivity index (χ3v) is 4.09. The lowest BCUT2D eigenvalue weighted by molar-refractivity contribution is 0.0948. The Bertz CT molecular complexity index is 598. The van der Waals surface area contributed by atoms with E-state index in [9.17, 15) is 4.79 Å². The number of nitrogens with one attached hydrogen (secondary N) is 1. The summed E-state index contributed by atoms with van der Waals surface area (Å²) in [7, 11) is 1.55. The van der Waals surface area contributed by atoms with Gasteiger partial charge in [0.15, 0.2) is 0 Å². The molecule has 0 aliphatic carbocycles. The number of hydrogen-bond acceptors (Lipinski definition) is 4. The fourth-order valence-electron chi connectivity index (χ4n) is 1.60. The van der Waals surface area contributed by atoms with Crippen LogP contribution in [0, 0.1) is 6.92 Å². The van der Waals surface area contributed by atoms with Crippen LogP contribution in [0.3, 0.4) is 0 Å². The molecule has 2 rings (SSSR count). The number of hydrogen-bond donors (Lipinski definition) is 1. The van der Waals surface area contributed by atoms with Crippen LogP contribution >= 0.6 is 27.3 Å². The second-order valence-corrected chi connectivity index (χ2v) is 5.74. The molecule has 0 fully saturated rings. The normalized spacial score (nSPS) is 10.3. The van der Waals surface area contributed by atoms with E-state index in [0.29, 0.717) is 17.9 Å². The summed E-state index contributed by atoms with van der Waals surface area (Å²) < 4.78 is 6.08. The lowest BCUT2D eigenvalue weighted by Gasteiger charge is -2.09. The summed E-state index contributed by atoms with van der Waals surface area (Å²) in [6, 6.07) is 5.32. The van der Waals surface area contributed by atoms with Gasteiger partial charge in [-0.05, 0) is 25.1 Å². The van der Waals surface area contributed by atoms with Gasteiger partial charge in [-0.15, -0.1) is 11.3 Å². The minimum Gasteiger partial charge on any atom is -0.496 e. The maximum atomic E-state index is 12.1. The van der Waals surface area contributed by atoms with Gasteiger partial charge in [0, 0.05) is 9.35 Å². The van der Waals surface area contributed by atoms with Gasteiger partial charge in [-0.25, -0.2) is 4.98 Å². The Morgan fingerprint density at radius 2 is 2.32 bits per heavy atom. The van der Waals surface area contributed by atoms with Gasteiger partial charge in [0.1, 0.15) is 5.75 Å². The van der Waals surface area contributed by atoms with Crippen LogP contribution in [0.1, 0.15) is 20.9 Å². The minimum absolute atomic E-state index is 0.155. The maximum Gasteiger partial charge on any atom is 0.255 e. The first-order valence-corrected chi connectivity index (χ1v) is 7.29. The van der Waals surface area contributed by atoms with Crippen LogP contribution in [0.25, 0.3) is 0 Å². The molecule has 0 radical (unpaired) electrons. The highest BCUT2D eigenvalue weighted by molar-refractivity contribution is 9.10. The van der Waals surface area contributed by atoms with Crippen molar-refractivity contribution in [1.29, 1.82) is 0 Å². The molecule has 100 valence electrons. The second kappa shape index (κ2) is 6.16. The van der Waals surface area contributed by atoms with Crippen LogP contribution < -0.4 is 10.1 Å². The first-order valence-electron chi connectivity index (χ1n) is 5.62. The number of ether oxygens (including phenoxy) is 1. The molecule has 1 amide bonds. The van der Waals surface area contributed by atoms with E-state index in [-0.39, 0.29) is 5.91 Å². The van der Waals surface area contributed by atoms with Crippen molar-refractivity contribution in [2.45, 2.75) is 13.5 Å². The predicted molar refractivity (Wildman–Crippen MR) is 78.7 cm³/mol. The van der Waals surface area contributed by atoms with Crippen molar-refractivity contribution < 1.29 is 9.53 Å². The summed E-state index contributed by atoms with van der Waals surface area (Å²) in [6.07, 6.45) is 0. The van der Waals surface area contributed by atoms with Gasteiger partial charge in [-0.1, -0.05) is 15.9 Å². The van der Waals surface area contributed by atoms with Crippen molar-refractivity contribution in [3.05, 3.63) is 44.3 Å².